The number of hydrogen-bond acceptors (Lipinski definition) is 5. The second kappa shape index (κ2) is 13.8. The summed E-state index contributed by atoms with van der Waals surface area (Å²) in [7, 11) is 1.48. The maximum Gasteiger partial charge on any atom is 0.315 e. The lowest BCUT2D eigenvalue weighted by molar-refractivity contribution is -0.144. The minimum Gasteiger partial charge on any atom is -0.347 e. The van der Waals surface area contributed by atoms with E-state index in [1.54, 1.807) is 0 Å². The highest BCUT2D eigenvalue weighted by Gasteiger charge is 2.43. The number of nitrogens with one attached hydrogen (secondary N) is 4. The monoisotopic (exact) mass is 521 g/mol. The first-order valence-corrected chi connectivity index (χ1v) is 13.9. The molecule has 10 nitrogen and oxygen atoms in total. The molecule has 2 saturated carbocycles. The topological polar surface area (TPSA) is 137 Å². The fraction of sp³-hybridized carbons (Fsp3) is 0.815. The molecule has 5 amide bonds. The normalized spacial score (nSPS) is 20.9. The molecule has 0 radical (unpaired) electrons. The van der Waals surface area contributed by atoms with Gasteiger partial charge in [0.05, 0.1) is 6.04 Å². The van der Waals surface area contributed by atoms with Crippen LogP contribution < -0.4 is 21.3 Å². The summed E-state index contributed by atoms with van der Waals surface area (Å²) in [6.45, 7) is 10.2. The van der Waals surface area contributed by atoms with Crippen LogP contribution in [-0.4, -0.2) is 72.2 Å². The Hall–Kier alpha value is -2.65. The highest BCUT2D eigenvalue weighted by molar-refractivity contribution is 6.38. The van der Waals surface area contributed by atoms with E-state index in [4.69, 9.17) is 0 Å². The molecule has 4 N–H and O–H groups in total. The van der Waals surface area contributed by atoms with Crippen molar-refractivity contribution in [1.82, 2.24) is 26.2 Å². The van der Waals surface area contributed by atoms with Crippen molar-refractivity contribution in [3.63, 3.8) is 0 Å². The summed E-state index contributed by atoms with van der Waals surface area (Å²) in [5.41, 5.74) is -0.573. The van der Waals surface area contributed by atoms with Crippen LogP contribution in [0.25, 0.3) is 0 Å². The molecule has 37 heavy (non-hydrogen) atoms. The van der Waals surface area contributed by atoms with Gasteiger partial charge in [0.2, 0.25) is 17.6 Å². The van der Waals surface area contributed by atoms with E-state index >= 15 is 0 Å². The smallest absolute Gasteiger partial charge is 0.315 e. The lowest BCUT2D eigenvalue weighted by atomic mass is 9.80. The zero-order valence-corrected chi connectivity index (χ0v) is 23.4. The fourth-order valence-electron chi connectivity index (χ4n) is 4.52. The van der Waals surface area contributed by atoms with Crippen LogP contribution in [0, 0.1) is 11.3 Å². The highest BCUT2D eigenvalue weighted by Crippen LogP contribution is 2.31. The van der Waals surface area contributed by atoms with E-state index in [1.165, 1.54) is 18.4 Å². The van der Waals surface area contributed by atoms with Crippen molar-refractivity contribution in [2.45, 2.75) is 117 Å². The number of Topliss-reactive ketones (excluding diaryl/α,β-unsaturated/α-hetero) is 1. The predicted octanol–water partition coefficient (Wildman–Crippen LogP) is 2.26. The largest absolute Gasteiger partial charge is 0.347 e. The van der Waals surface area contributed by atoms with Gasteiger partial charge in [-0.2, -0.15) is 0 Å². The van der Waals surface area contributed by atoms with Crippen LogP contribution in [0.4, 0.5) is 4.79 Å². The number of nitrogens with zero attached hydrogens (tertiary/aromatic N) is 1. The second-order valence-corrected chi connectivity index (χ2v) is 11.6. The summed E-state index contributed by atoms with van der Waals surface area (Å²) < 4.78 is 0. The minimum atomic E-state index is -0.892. The third-order valence-electron chi connectivity index (χ3n) is 7.02. The Labute approximate surface area is 221 Å². The van der Waals surface area contributed by atoms with Crippen molar-refractivity contribution in [3.05, 3.63) is 0 Å². The van der Waals surface area contributed by atoms with Crippen LogP contribution in [0.2, 0.25) is 0 Å². The van der Waals surface area contributed by atoms with E-state index in [0.717, 1.165) is 32.1 Å². The number of ketones is 1. The van der Waals surface area contributed by atoms with E-state index in [2.05, 4.69) is 35.1 Å². The molecule has 2 aliphatic carbocycles. The maximum atomic E-state index is 13.4. The average Bonchev–Trinajstić information content (AvgIpc) is 3.48. The van der Waals surface area contributed by atoms with Crippen molar-refractivity contribution in [1.29, 1.82) is 0 Å². The zero-order valence-electron chi connectivity index (χ0n) is 23.4. The first-order valence-electron chi connectivity index (χ1n) is 13.9. The first-order chi connectivity index (χ1) is 17.4. The van der Waals surface area contributed by atoms with Gasteiger partial charge in [-0.05, 0) is 43.4 Å². The van der Waals surface area contributed by atoms with Crippen molar-refractivity contribution in [2.75, 3.05) is 13.6 Å². The molecule has 0 aromatic rings. The van der Waals surface area contributed by atoms with Gasteiger partial charge in [0.15, 0.2) is 0 Å². The van der Waals surface area contributed by atoms with Gasteiger partial charge in [0, 0.05) is 19.6 Å². The van der Waals surface area contributed by atoms with Crippen LogP contribution in [0.5, 0.6) is 0 Å². The minimum absolute atomic E-state index is 0.0570. The average molecular weight is 522 g/mol. The lowest BCUT2D eigenvalue weighted by Gasteiger charge is -2.36. The van der Waals surface area contributed by atoms with Gasteiger partial charge in [-0.1, -0.05) is 60.3 Å². The molecule has 3 aliphatic rings. The Bertz CT molecular complexity index is 832. The van der Waals surface area contributed by atoms with Gasteiger partial charge in [-0.25, -0.2) is 4.79 Å². The fourth-order valence-corrected chi connectivity index (χ4v) is 4.52. The molecular formula is C27H47N5O5. The van der Waals surface area contributed by atoms with Crippen molar-refractivity contribution in [2.24, 2.45) is 11.3 Å². The second-order valence-electron chi connectivity index (χ2n) is 11.6. The van der Waals surface area contributed by atoms with Crippen molar-refractivity contribution in [3.8, 4) is 0 Å². The molecule has 0 bridgehead atoms. The summed E-state index contributed by atoms with van der Waals surface area (Å²) >= 11 is 0. The van der Waals surface area contributed by atoms with Crippen LogP contribution in [-0.2, 0) is 19.2 Å². The van der Waals surface area contributed by atoms with Gasteiger partial charge in [0.25, 0.3) is 5.91 Å². The van der Waals surface area contributed by atoms with Crippen LogP contribution in [0.3, 0.4) is 0 Å². The molecule has 0 aromatic heterocycles. The molecule has 3 unspecified atom stereocenters. The van der Waals surface area contributed by atoms with E-state index in [0.29, 0.717) is 31.7 Å². The Kier molecular flexibility index (Phi) is 11.4. The number of carbonyl (C=O) groups excluding carboxylic acids is 5. The number of hydrogen-bond donors (Lipinski definition) is 4. The Balaban J connectivity index is 0.00000153. The van der Waals surface area contributed by atoms with Crippen molar-refractivity contribution < 1.29 is 24.0 Å². The molecule has 210 valence electrons. The van der Waals surface area contributed by atoms with E-state index < -0.39 is 47.2 Å². The van der Waals surface area contributed by atoms with Crippen LogP contribution in [0.1, 0.15) is 92.4 Å². The third-order valence-corrected chi connectivity index (χ3v) is 7.02. The number of amides is 5. The Morgan fingerprint density at radius 1 is 0.919 bits per heavy atom. The van der Waals surface area contributed by atoms with Crippen LogP contribution >= 0.6 is 0 Å². The summed E-state index contributed by atoms with van der Waals surface area (Å²) in [6, 6.07) is -2.87. The number of likely N-dealkylation sites (tertiary alicyclic amines) is 1. The van der Waals surface area contributed by atoms with Crippen LogP contribution in [0.15, 0.2) is 0 Å². The van der Waals surface area contributed by atoms with Gasteiger partial charge >= 0.3 is 6.03 Å². The summed E-state index contributed by atoms with van der Waals surface area (Å²) in [5.74, 6) is -1.70. The predicted molar refractivity (Wildman–Crippen MR) is 142 cm³/mol. The van der Waals surface area contributed by atoms with Crippen molar-refractivity contribution >= 4 is 29.5 Å². The lowest BCUT2D eigenvalue weighted by Crippen LogP contribution is -2.60. The van der Waals surface area contributed by atoms with Gasteiger partial charge < -0.3 is 26.2 Å². The number of urea groups is 1. The molecule has 1 heterocycles. The summed E-state index contributed by atoms with van der Waals surface area (Å²) in [4.78, 5) is 65.4. The summed E-state index contributed by atoms with van der Waals surface area (Å²) in [6.07, 6.45) is 7.59. The SMILES string of the molecule is CCC.CNC(=O)NC(C(=O)N1CCCC1C(=O)NC(CC1CCC1)C(=O)C(=O)NC1CC1)C(C)(C)C. The van der Waals surface area contributed by atoms with Gasteiger partial charge in [-0.3, -0.25) is 19.2 Å². The summed E-state index contributed by atoms with van der Waals surface area (Å²) in [5, 5.41) is 10.7. The third kappa shape index (κ3) is 9.00. The molecule has 0 aromatic carbocycles. The van der Waals surface area contributed by atoms with E-state index in [1.807, 2.05) is 20.8 Å². The quantitative estimate of drug-likeness (QED) is 0.345. The first kappa shape index (κ1) is 30.6. The number of carbonyl (C=O) groups is 5. The Morgan fingerprint density at radius 3 is 2.03 bits per heavy atom. The molecule has 10 heteroatoms. The van der Waals surface area contributed by atoms with Gasteiger partial charge in [-0.15, -0.1) is 0 Å². The molecule has 1 saturated heterocycles. The standard InChI is InChI=1S/C24H39N5O5.C3H8/c1-24(2,3)19(28-23(34)25-4)22(33)29-12-6-9-17(29)20(31)27-16(13-14-7-5-8-14)18(30)21(32)26-15-10-11-15;1-3-2/h14-17,19H,5-13H2,1-4H3,(H,26,32)(H,27,31)(H2,25,28,34);3H2,1-2H3. The molecule has 3 fully saturated rings. The molecule has 3 atom stereocenters. The Morgan fingerprint density at radius 2 is 1.54 bits per heavy atom. The molecule has 1 aliphatic heterocycles. The zero-order chi connectivity index (χ0) is 27.8. The van der Waals surface area contributed by atoms with E-state index in [9.17, 15) is 24.0 Å². The number of rotatable bonds is 9. The van der Waals surface area contributed by atoms with E-state index in [-0.39, 0.29) is 11.9 Å². The molecular weight excluding hydrogens is 474 g/mol. The van der Waals surface area contributed by atoms with Gasteiger partial charge in [0.1, 0.15) is 12.1 Å². The maximum absolute atomic E-state index is 13.4. The highest BCUT2D eigenvalue weighted by atomic mass is 16.2. The molecule has 0 spiro atoms. The molecule has 3 rings (SSSR count).